The van der Waals surface area contributed by atoms with Gasteiger partial charge in [-0.05, 0) is 19.9 Å². The Hall–Kier alpha value is -0.610. The highest BCUT2D eigenvalue weighted by molar-refractivity contribution is 5.80. The number of nitrogens with zero attached hydrogens (tertiary/aromatic N) is 2. The zero-order chi connectivity index (χ0) is 10.1. The Bertz CT molecular complexity index is 217. The van der Waals surface area contributed by atoms with E-state index in [9.17, 15) is 4.79 Å². The lowest BCUT2D eigenvalue weighted by Crippen LogP contribution is -2.52. The number of nitrogens with two attached hydrogens (primary N) is 1. The van der Waals surface area contributed by atoms with Crippen LogP contribution in [0.25, 0.3) is 0 Å². The van der Waals surface area contributed by atoms with Gasteiger partial charge in [0.1, 0.15) is 0 Å². The molecule has 0 spiro atoms. The van der Waals surface area contributed by atoms with Crippen LogP contribution in [0.4, 0.5) is 0 Å². The number of hydrogen-bond acceptors (Lipinski definition) is 3. The van der Waals surface area contributed by atoms with E-state index in [0.717, 1.165) is 39.0 Å². The van der Waals surface area contributed by atoms with E-state index in [-0.39, 0.29) is 12.0 Å². The third kappa shape index (κ3) is 1.91. The zero-order valence-corrected chi connectivity index (χ0v) is 8.78. The van der Waals surface area contributed by atoms with Gasteiger partial charge in [-0.3, -0.25) is 4.79 Å². The molecule has 2 fully saturated rings. The summed E-state index contributed by atoms with van der Waals surface area (Å²) in [6.07, 6.45) is 1.79. The molecule has 0 bridgehead atoms. The summed E-state index contributed by atoms with van der Waals surface area (Å²) in [5, 5.41) is 0. The van der Waals surface area contributed by atoms with Gasteiger partial charge in [-0.25, -0.2) is 0 Å². The van der Waals surface area contributed by atoms with Gasteiger partial charge in [0.25, 0.3) is 0 Å². The summed E-state index contributed by atoms with van der Waals surface area (Å²) >= 11 is 0. The molecule has 14 heavy (non-hydrogen) atoms. The summed E-state index contributed by atoms with van der Waals surface area (Å²) in [4.78, 5) is 16.1. The molecule has 0 aromatic rings. The first kappa shape index (κ1) is 9.93. The third-order valence-corrected chi connectivity index (χ3v) is 3.34. The van der Waals surface area contributed by atoms with Crippen LogP contribution in [0.5, 0.6) is 0 Å². The van der Waals surface area contributed by atoms with Gasteiger partial charge in [-0.15, -0.1) is 0 Å². The zero-order valence-electron chi connectivity index (χ0n) is 8.78. The molecule has 0 radical (unpaired) electrons. The van der Waals surface area contributed by atoms with Crippen LogP contribution in [0, 0.1) is 5.92 Å². The smallest absolute Gasteiger partial charge is 0.225 e. The predicted octanol–water partition coefficient (Wildman–Crippen LogP) is -0.502. The highest BCUT2D eigenvalue weighted by atomic mass is 16.2. The molecule has 1 saturated carbocycles. The van der Waals surface area contributed by atoms with Crippen molar-refractivity contribution in [3.8, 4) is 0 Å². The summed E-state index contributed by atoms with van der Waals surface area (Å²) in [6, 6.07) is 0.274. The first-order valence-electron chi connectivity index (χ1n) is 5.39. The molecule has 4 heteroatoms. The highest BCUT2D eigenvalue weighted by Gasteiger charge is 2.35. The molecule has 1 saturated heterocycles. The van der Waals surface area contributed by atoms with E-state index in [2.05, 4.69) is 11.9 Å². The molecular weight excluding hydrogens is 178 g/mol. The molecule has 1 heterocycles. The number of carbonyl (C=O) groups is 1. The van der Waals surface area contributed by atoms with Gasteiger partial charge >= 0.3 is 0 Å². The number of piperazine rings is 1. The average molecular weight is 197 g/mol. The second-order valence-corrected chi connectivity index (χ2v) is 4.56. The topological polar surface area (TPSA) is 49.6 Å². The van der Waals surface area contributed by atoms with Crippen LogP contribution in [0.2, 0.25) is 0 Å². The number of likely N-dealkylation sites (N-methyl/N-ethyl adjacent to an activating group) is 1. The molecule has 2 aliphatic rings. The van der Waals surface area contributed by atoms with Gasteiger partial charge in [0.15, 0.2) is 0 Å². The van der Waals surface area contributed by atoms with Gasteiger partial charge in [0.2, 0.25) is 5.91 Å². The molecule has 4 nitrogen and oxygen atoms in total. The molecule has 0 atom stereocenters. The number of hydrogen-bond donors (Lipinski definition) is 1. The Labute approximate surface area is 85.0 Å². The van der Waals surface area contributed by atoms with Crippen LogP contribution in [-0.2, 0) is 4.79 Å². The predicted molar refractivity (Wildman–Crippen MR) is 54.8 cm³/mol. The fraction of sp³-hybridized carbons (Fsp3) is 0.900. The maximum atomic E-state index is 11.9. The lowest BCUT2D eigenvalue weighted by Gasteiger charge is -2.39. The van der Waals surface area contributed by atoms with Gasteiger partial charge in [-0.1, -0.05) is 0 Å². The Morgan fingerprint density at radius 3 is 2.29 bits per heavy atom. The monoisotopic (exact) mass is 197 g/mol. The van der Waals surface area contributed by atoms with Crippen LogP contribution < -0.4 is 5.73 Å². The number of rotatable bonds is 1. The largest absolute Gasteiger partial charge is 0.340 e. The maximum Gasteiger partial charge on any atom is 0.225 e. The summed E-state index contributed by atoms with van der Waals surface area (Å²) in [6.45, 7) is 3.79. The van der Waals surface area contributed by atoms with Crippen LogP contribution in [0.3, 0.4) is 0 Å². The minimum atomic E-state index is 0.230. The van der Waals surface area contributed by atoms with Gasteiger partial charge in [-0.2, -0.15) is 0 Å². The molecule has 2 rings (SSSR count). The molecule has 0 unspecified atom stereocenters. The van der Waals surface area contributed by atoms with Crippen molar-refractivity contribution in [2.24, 2.45) is 11.7 Å². The number of amides is 1. The van der Waals surface area contributed by atoms with E-state index in [1.165, 1.54) is 0 Å². The lowest BCUT2D eigenvalue weighted by molar-refractivity contribution is -0.140. The van der Waals surface area contributed by atoms with E-state index < -0.39 is 0 Å². The Kier molecular flexibility index (Phi) is 2.74. The maximum absolute atomic E-state index is 11.9. The first-order valence-corrected chi connectivity index (χ1v) is 5.39. The Balaban J connectivity index is 1.81. The fourth-order valence-electron chi connectivity index (χ4n) is 2.15. The van der Waals surface area contributed by atoms with E-state index in [4.69, 9.17) is 5.73 Å². The molecule has 0 aromatic heterocycles. The minimum Gasteiger partial charge on any atom is -0.340 e. The van der Waals surface area contributed by atoms with Crippen molar-refractivity contribution in [3.05, 3.63) is 0 Å². The standard InChI is InChI=1S/C10H19N3O/c1-12-2-4-13(5-3-12)10(14)8-6-9(11)7-8/h8-9H,2-7,11H2,1H3. The summed E-state index contributed by atoms with van der Waals surface area (Å²) in [5.41, 5.74) is 5.68. The van der Waals surface area contributed by atoms with Crippen molar-refractivity contribution in [2.45, 2.75) is 18.9 Å². The van der Waals surface area contributed by atoms with Crippen LogP contribution in [-0.4, -0.2) is 55.0 Å². The third-order valence-electron chi connectivity index (χ3n) is 3.34. The van der Waals surface area contributed by atoms with Crippen LogP contribution >= 0.6 is 0 Å². The van der Waals surface area contributed by atoms with Crippen molar-refractivity contribution in [2.75, 3.05) is 33.2 Å². The van der Waals surface area contributed by atoms with Crippen molar-refractivity contribution in [1.82, 2.24) is 9.80 Å². The van der Waals surface area contributed by atoms with E-state index in [1.54, 1.807) is 0 Å². The normalized spacial score (nSPS) is 34.0. The highest BCUT2D eigenvalue weighted by Crippen LogP contribution is 2.27. The van der Waals surface area contributed by atoms with Crippen molar-refractivity contribution < 1.29 is 4.79 Å². The van der Waals surface area contributed by atoms with Crippen molar-refractivity contribution in [1.29, 1.82) is 0 Å². The summed E-state index contributed by atoms with van der Waals surface area (Å²) < 4.78 is 0. The van der Waals surface area contributed by atoms with Crippen LogP contribution in [0.15, 0.2) is 0 Å². The van der Waals surface area contributed by atoms with Crippen molar-refractivity contribution in [3.63, 3.8) is 0 Å². The van der Waals surface area contributed by atoms with Gasteiger partial charge in [0, 0.05) is 38.1 Å². The van der Waals surface area contributed by atoms with Crippen molar-refractivity contribution >= 4 is 5.91 Å². The number of carbonyl (C=O) groups excluding carboxylic acids is 1. The second-order valence-electron chi connectivity index (χ2n) is 4.56. The summed E-state index contributed by atoms with van der Waals surface area (Å²) in [7, 11) is 2.10. The van der Waals surface area contributed by atoms with E-state index in [1.807, 2.05) is 4.90 Å². The van der Waals surface area contributed by atoms with E-state index in [0.29, 0.717) is 5.91 Å². The van der Waals surface area contributed by atoms with Gasteiger partial charge < -0.3 is 15.5 Å². The SMILES string of the molecule is CN1CCN(C(=O)C2CC(N)C2)CC1. The molecule has 1 aliphatic heterocycles. The van der Waals surface area contributed by atoms with E-state index >= 15 is 0 Å². The van der Waals surface area contributed by atoms with Crippen LogP contribution in [0.1, 0.15) is 12.8 Å². The lowest BCUT2D eigenvalue weighted by atomic mass is 9.80. The second kappa shape index (κ2) is 3.87. The molecule has 1 aliphatic carbocycles. The first-order chi connectivity index (χ1) is 6.66. The molecule has 0 aromatic carbocycles. The molecular formula is C10H19N3O. The Morgan fingerprint density at radius 2 is 1.79 bits per heavy atom. The average Bonchev–Trinajstić information content (AvgIpc) is 2.13. The molecule has 2 N–H and O–H groups in total. The van der Waals surface area contributed by atoms with Gasteiger partial charge in [0.05, 0.1) is 0 Å². The quantitative estimate of drug-likeness (QED) is 0.616. The fourth-order valence-corrected chi connectivity index (χ4v) is 2.15. The summed E-state index contributed by atoms with van der Waals surface area (Å²) in [5.74, 6) is 0.563. The minimum absolute atomic E-state index is 0.230. The molecule has 80 valence electrons. The Morgan fingerprint density at radius 1 is 1.21 bits per heavy atom. The molecule has 1 amide bonds.